The van der Waals surface area contributed by atoms with Crippen LogP contribution in [0.2, 0.25) is 0 Å². The smallest absolute Gasteiger partial charge is 0.313 e. The minimum atomic E-state index is -0.352. The van der Waals surface area contributed by atoms with Crippen molar-refractivity contribution in [3.63, 3.8) is 0 Å². The van der Waals surface area contributed by atoms with Crippen LogP contribution in [0.4, 0.5) is 27.7 Å². The van der Waals surface area contributed by atoms with Crippen LogP contribution in [-0.4, -0.2) is 65.2 Å². The quantitative estimate of drug-likeness (QED) is 0.0996. The average molecular weight is 865 g/mol. The molecule has 1 aliphatic rings. The monoisotopic (exact) mass is 864 g/mol. The number of ether oxygens (including phenoxy) is 1. The first kappa shape index (κ1) is 45.2. The van der Waals surface area contributed by atoms with E-state index in [1.807, 2.05) is 25.1 Å². The van der Waals surface area contributed by atoms with E-state index in [1.165, 1.54) is 29.8 Å². The van der Waals surface area contributed by atoms with E-state index in [4.69, 9.17) is 25.0 Å². The maximum absolute atomic E-state index is 12.5. The van der Waals surface area contributed by atoms with Gasteiger partial charge in [0.15, 0.2) is 0 Å². The number of carbonyl (C=O) groups is 3. The molecule has 0 aromatic carbocycles. The number of nitrogens with one attached hydrogen (secondary N) is 2. The van der Waals surface area contributed by atoms with Crippen molar-refractivity contribution in [2.45, 2.75) is 63.7 Å². The highest BCUT2D eigenvalue weighted by atomic mass is 32.1. The van der Waals surface area contributed by atoms with Crippen LogP contribution < -0.4 is 10.6 Å². The third kappa shape index (κ3) is 14.1. The number of methoxy groups -OCH3 is 1. The van der Waals surface area contributed by atoms with Crippen LogP contribution >= 0.6 is 22.7 Å². The number of carbonyl (C=O) groups excluding carboxylic acids is 3. The Balaban J connectivity index is 0.000000268. The van der Waals surface area contributed by atoms with Gasteiger partial charge in [0.05, 0.1) is 25.6 Å². The maximum atomic E-state index is 12.5. The summed E-state index contributed by atoms with van der Waals surface area (Å²) in [6.07, 6.45) is 3.93. The third-order valence-corrected chi connectivity index (χ3v) is 10.7. The summed E-state index contributed by atoms with van der Waals surface area (Å²) in [6, 6.07) is 22.3. The molecule has 0 bridgehead atoms. The summed E-state index contributed by atoms with van der Waals surface area (Å²) in [4.78, 5) is 61.5. The van der Waals surface area contributed by atoms with Gasteiger partial charge in [-0.3, -0.25) is 14.4 Å². The normalized spacial score (nSPS) is 13.7. The molecule has 6 aromatic rings. The van der Waals surface area contributed by atoms with Gasteiger partial charge in [-0.1, -0.05) is 73.1 Å². The molecule has 0 spiro atoms. The van der Waals surface area contributed by atoms with E-state index >= 15 is 0 Å². The van der Waals surface area contributed by atoms with Crippen molar-refractivity contribution < 1.29 is 19.1 Å². The van der Waals surface area contributed by atoms with E-state index < -0.39 is 0 Å². The van der Waals surface area contributed by atoms with E-state index in [-0.39, 0.29) is 60.4 Å². The lowest BCUT2D eigenvalue weighted by molar-refractivity contribution is -0.139. The second kappa shape index (κ2) is 23.0. The number of aromatic nitrogens is 8. The summed E-state index contributed by atoms with van der Waals surface area (Å²) in [6.45, 7) is 22.2. The van der Waals surface area contributed by atoms with Crippen molar-refractivity contribution in [3.8, 4) is 6.07 Å². The van der Waals surface area contributed by atoms with E-state index in [0.717, 1.165) is 41.4 Å². The molecule has 0 aliphatic heterocycles. The second-order valence-electron chi connectivity index (χ2n) is 13.2. The number of anilines is 2. The van der Waals surface area contributed by atoms with E-state index in [9.17, 15) is 14.4 Å². The van der Waals surface area contributed by atoms with Crippen molar-refractivity contribution in [3.05, 3.63) is 146 Å². The molecule has 1 saturated carbocycles. The summed E-state index contributed by atoms with van der Waals surface area (Å²) in [5, 5.41) is 34.1. The number of aryl methyl sites for hydroxylation is 1. The Hall–Kier alpha value is -7.91. The third-order valence-electron chi connectivity index (χ3n) is 8.71. The van der Waals surface area contributed by atoms with Crippen molar-refractivity contribution in [2.75, 3.05) is 17.7 Å². The zero-order valence-corrected chi connectivity index (χ0v) is 35.0. The number of esters is 1. The van der Waals surface area contributed by atoms with Gasteiger partial charge in [-0.15, -0.1) is 35.3 Å². The molecule has 18 nitrogen and oxygen atoms in total. The number of hydrogen-bond acceptors (Lipinski definition) is 15. The summed E-state index contributed by atoms with van der Waals surface area (Å²) < 4.78 is 4.47. The Morgan fingerprint density at radius 3 is 1.63 bits per heavy atom. The first-order valence-corrected chi connectivity index (χ1v) is 20.4. The topological polar surface area (TPSA) is 224 Å². The Bertz CT molecular complexity index is 2570. The lowest BCUT2D eigenvalue weighted by atomic mass is 9.82. The second-order valence-corrected chi connectivity index (χ2v) is 15.2. The molecule has 6 aromatic heterocycles. The minimum absolute atomic E-state index is 0.0374. The SMILES string of the molecule is [C-]#[N+]c1cccc(C)n1.[C-]#[N+]c1cccc(CC(=O)Nc2nnc([C@H]3CCC[C@H](c4nnc(NC(=O)Cc5cccc(C#N)n5)s4)C3)s2)n1.[C-]#[N+]c1cccc(CC(=O)OC)n1. The number of rotatable bonds is 10. The fourth-order valence-corrected chi connectivity index (χ4v) is 7.72. The summed E-state index contributed by atoms with van der Waals surface area (Å²) in [7, 11) is 1.32. The molecule has 2 atom stereocenters. The average Bonchev–Trinajstić information content (AvgIpc) is 3.97. The molecule has 7 rings (SSSR count). The molecule has 0 radical (unpaired) electrons. The molecule has 1 fully saturated rings. The number of nitriles is 1. The first-order valence-electron chi connectivity index (χ1n) is 18.7. The first-order chi connectivity index (χ1) is 30.1. The van der Waals surface area contributed by atoms with E-state index in [0.29, 0.717) is 39.0 Å². The zero-order chi connectivity index (χ0) is 44.3. The molecular weight excluding hydrogens is 829 g/mol. The fourth-order valence-electron chi connectivity index (χ4n) is 5.90. The van der Waals surface area contributed by atoms with Crippen molar-refractivity contribution in [2.24, 2.45) is 0 Å². The van der Waals surface area contributed by atoms with Gasteiger partial charge in [-0.25, -0.2) is 4.98 Å². The van der Waals surface area contributed by atoms with Gasteiger partial charge in [0.1, 0.15) is 45.3 Å². The Morgan fingerprint density at radius 2 is 1.16 bits per heavy atom. The van der Waals surface area contributed by atoms with Crippen LogP contribution in [-0.2, 0) is 38.4 Å². The Morgan fingerprint density at radius 1 is 0.694 bits per heavy atom. The number of amides is 2. The lowest BCUT2D eigenvalue weighted by Gasteiger charge is -2.25. The van der Waals surface area contributed by atoms with E-state index in [1.54, 1.807) is 60.7 Å². The van der Waals surface area contributed by atoms with Crippen LogP contribution in [0, 0.1) is 38.0 Å². The molecule has 20 heteroatoms. The molecule has 310 valence electrons. The molecule has 62 heavy (non-hydrogen) atoms. The number of pyridine rings is 4. The van der Waals surface area contributed by atoms with Crippen molar-refractivity contribution in [1.29, 1.82) is 5.26 Å². The molecule has 2 amide bonds. The van der Waals surface area contributed by atoms with Crippen molar-refractivity contribution in [1.82, 2.24) is 40.3 Å². The Labute approximate surface area is 364 Å². The molecule has 0 unspecified atom stereocenters. The van der Waals surface area contributed by atoms with Crippen LogP contribution in [0.5, 0.6) is 0 Å². The summed E-state index contributed by atoms with van der Waals surface area (Å²) in [5.41, 5.74) is 2.74. The highest BCUT2D eigenvalue weighted by Crippen LogP contribution is 2.43. The van der Waals surface area contributed by atoms with Gasteiger partial charge in [0, 0.05) is 18.8 Å². The molecule has 1 aliphatic carbocycles. The predicted octanol–water partition coefficient (Wildman–Crippen LogP) is 7.69. The van der Waals surface area contributed by atoms with Gasteiger partial charge in [0.2, 0.25) is 22.1 Å². The van der Waals surface area contributed by atoms with E-state index in [2.05, 4.69) is 70.2 Å². The Kier molecular flexibility index (Phi) is 16.8. The zero-order valence-electron chi connectivity index (χ0n) is 33.3. The fraction of sp³-hybridized carbons (Fsp3) is 0.262. The molecule has 2 N–H and O–H groups in total. The van der Waals surface area contributed by atoms with Crippen LogP contribution in [0.1, 0.15) is 76.0 Å². The molecule has 0 saturated heterocycles. The van der Waals surface area contributed by atoms with Crippen LogP contribution in [0.3, 0.4) is 0 Å². The number of nitrogens with zero attached hydrogens (tertiary/aromatic N) is 12. The molecule has 6 heterocycles. The lowest BCUT2D eigenvalue weighted by Crippen LogP contribution is -2.15. The van der Waals surface area contributed by atoms with Gasteiger partial charge >= 0.3 is 5.97 Å². The predicted molar refractivity (Wildman–Crippen MR) is 229 cm³/mol. The van der Waals surface area contributed by atoms with Gasteiger partial charge in [-0.2, -0.15) is 5.26 Å². The van der Waals surface area contributed by atoms with Gasteiger partial charge < -0.3 is 29.9 Å². The maximum Gasteiger partial charge on any atom is 0.313 e. The summed E-state index contributed by atoms with van der Waals surface area (Å²) >= 11 is 2.72. The summed E-state index contributed by atoms with van der Waals surface area (Å²) in [5.74, 6) is 0.477. The van der Waals surface area contributed by atoms with Crippen LogP contribution in [0.25, 0.3) is 14.5 Å². The molecular formula is C42H36N14O4S2. The van der Waals surface area contributed by atoms with Crippen LogP contribution in [0.15, 0.2) is 72.8 Å². The number of hydrogen-bond donors (Lipinski definition) is 2. The van der Waals surface area contributed by atoms with Gasteiger partial charge in [0.25, 0.3) is 17.5 Å². The van der Waals surface area contributed by atoms with Crippen molar-refractivity contribution >= 4 is 68.2 Å². The van der Waals surface area contributed by atoms with Gasteiger partial charge in [-0.05, 0) is 67.8 Å². The largest absolute Gasteiger partial charge is 0.469 e. The highest BCUT2D eigenvalue weighted by molar-refractivity contribution is 7.15. The minimum Gasteiger partial charge on any atom is -0.469 e. The standard InChI is InChI=1S/C26H22N10O2S2.C9H8N2O2.C7H6N2/c1-28-20-10-4-8-18(30-20)13-22(38)32-26-36-34-24(40-26)16-6-2-5-15(11-16)23-33-35-25(39-23)31-21(37)12-17-7-3-9-19(14-27)29-17;1-10-8-5-3-4-7(11-8)6-9(12)13-2;1-6-4-3-5-7(8-2)9-6/h3-4,7-10,15-16H,2,5-6,11-13H2,(H,31,35,37)(H,32,36,38);3-5H,6H2,2H3;3-5H,1H3/t15-,16-;;/m0../s1. The highest BCUT2D eigenvalue weighted by Gasteiger charge is 2.29.